The zero-order valence-electron chi connectivity index (χ0n) is 11.2. The van der Waals surface area contributed by atoms with Crippen LogP contribution in [-0.4, -0.2) is 18.3 Å². The van der Waals surface area contributed by atoms with E-state index in [1.807, 2.05) is 48.5 Å². The first kappa shape index (κ1) is 15.0. The van der Waals surface area contributed by atoms with Crippen molar-refractivity contribution < 1.29 is 9.84 Å². The number of hydrogen-bond acceptors (Lipinski definition) is 3. The van der Waals surface area contributed by atoms with E-state index in [1.54, 1.807) is 0 Å². The summed E-state index contributed by atoms with van der Waals surface area (Å²) in [6, 6.07) is 15.7. The van der Waals surface area contributed by atoms with E-state index >= 15 is 0 Å². The van der Waals surface area contributed by atoms with Crippen LogP contribution in [0.15, 0.2) is 53.0 Å². The highest BCUT2D eigenvalue weighted by Gasteiger charge is 1.97. The maximum absolute atomic E-state index is 9.08. The Balaban J connectivity index is 1.68. The average Bonchev–Trinajstić information content (AvgIpc) is 2.47. The Labute approximate surface area is 127 Å². The maximum atomic E-state index is 9.08. The predicted octanol–water partition coefficient (Wildman–Crippen LogP) is 3.11. The van der Waals surface area contributed by atoms with Crippen LogP contribution in [0.5, 0.6) is 5.75 Å². The van der Waals surface area contributed by atoms with Crippen LogP contribution in [-0.2, 0) is 13.2 Å². The number of aliphatic hydroxyl groups is 1. The third-order valence-corrected chi connectivity index (χ3v) is 3.34. The lowest BCUT2D eigenvalue weighted by Crippen LogP contribution is -2.20. The molecule has 0 spiro atoms. The first-order chi connectivity index (χ1) is 9.78. The molecule has 0 aliphatic carbocycles. The van der Waals surface area contributed by atoms with Crippen molar-refractivity contribution in [2.75, 3.05) is 13.2 Å². The minimum absolute atomic E-state index is 0.0832. The van der Waals surface area contributed by atoms with Crippen LogP contribution in [0.2, 0.25) is 0 Å². The fourth-order valence-electron chi connectivity index (χ4n) is 1.87. The van der Waals surface area contributed by atoms with Crippen molar-refractivity contribution in [1.82, 2.24) is 5.32 Å². The lowest BCUT2D eigenvalue weighted by molar-refractivity contribution is 0.281. The van der Waals surface area contributed by atoms with E-state index in [0.717, 1.165) is 28.9 Å². The number of rotatable bonds is 7. The summed E-state index contributed by atoms with van der Waals surface area (Å²) in [7, 11) is 0. The van der Waals surface area contributed by atoms with Gasteiger partial charge in [0.05, 0.1) is 6.61 Å². The van der Waals surface area contributed by atoms with Crippen molar-refractivity contribution in [2.45, 2.75) is 13.2 Å². The minimum Gasteiger partial charge on any atom is -0.492 e. The summed E-state index contributed by atoms with van der Waals surface area (Å²) in [5, 5.41) is 12.4. The molecule has 0 heterocycles. The van der Waals surface area contributed by atoms with Crippen molar-refractivity contribution in [3.8, 4) is 5.75 Å². The molecular weight excluding hydrogens is 318 g/mol. The molecule has 0 amide bonds. The van der Waals surface area contributed by atoms with Gasteiger partial charge in [0.25, 0.3) is 0 Å². The number of halogens is 1. The van der Waals surface area contributed by atoms with Gasteiger partial charge in [0.2, 0.25) is 0 Å². The van der Waals surface area contributed by atoms with Crippen LogP contribution >= 0.6 is 15.9 Å². The van der Waals surface area contributed by atoms with Crippen molar-refractivity contribution in [1.29, 1.82) is 0 Å². The van der Waals surface area contributed by atoms with Gasteiger partial charge in [-0.3, -0.25) is 0 Å². The number of hydrogen-bond donors (Lipinski definition) is 2. The maximum Gasteiger partial charge on any atom is 0.120 e. The highest BCUT2D eigenvalue weighted by Crippen LogP contribution is 2.17. The van der Waals surface area contributed by atoms with Gasteiger partial charge < -0.3 is 15.2 Å². The molecule has 0 bridgehead atoms. The van der Waals surface area contributed by atoms with Crippen LogP contribution in [0.1, 0.15) is 11.1 Å². The summed E-state index contributed by atoms with van der Waals surface area (Å²) in [4.78, 5) is 0. The zero-order chi connectivity index (χ0) is 14.2. The summed E-state index contributed by atoms with van der Waals surface area (Å²) in [5.41, 5.74) is 2.11. The molecular formula is C16H18BrNO2. The molecule has 0 saturated heterocycles. The lowest BCUT2D eigenvalue weighted by Gasteiger charge is -2.08. The smallest absolute Gasteiger partial charge is 0.120 e. The second-order valence-corrected chi connectivity index (χ2v) is 5.38. The summed E-state index contributed by atoms with van der Waals surface area (Å²) < 4.78 is 6.65. The quantitative estimate of drug-likeness (QED) is 0.764. The molecule has 3 nitrogen and oxygen atoms in total. The van der Waals surface area contributed by atoms with Crippen LogP contribution in [0.3, 0.4) is 0 Å². The van der Waals surface area contributed by atoms with Gasteiger partial charge in [0.15, 0.2) is 0 Å². The molecule has 0 aromatic heterocycles. The summed E-state index contributed by atoms with van der Waals surface area (Å²) >= 11 is 3.41. The molecule has 0 saturated carbocycles. The molecule has 106 valence electrons. The van der Waals surface area contributed by atoms with E-state index in [1.165, 1.54) is 5.56 Å². The topological polar surface area (TPSA) is 41.5 Å². The third kappa shape index (κ3) is 4.96. The van der Waals surface area contributed by atoms with Gasteiger partial charge in [0, 0.05) is 17.6 Å². The van der Waals surface area contributed by atoms with Crippen LogP contribution < -0.4 is 10.1 Å². The Morgan fingerprint density at radius 1 is 1.05 bits per heavy atom. The van der Waals surface area contributed by atoms with Crippen molar-refractivity contribution in [3.63, 3.8) is 0 Å². The molecule has 20 heavy (non-hydrogen) atoms. The van der Waals surface area contributed by atoms with E-state index in [-0.39, 0.29) is 6.61 Å². The van der Waals surface area contributed by atoms with Gasteiger partial charge in [-0.2, -0.15) is 0 Å². The summed E-state index contributed by atoms with van der Waals surface area (Å²) in [6.07, 6.45) is 0. The molecule has 0 unspecified atom stereocenters. The van der Waals surface area contributed by atoms with E-state index in [0.29, 0.717) is 6.61 Å². The number of aliphatic hydroxyl groups excluding tert-OH is 1. The Kier molecular flexibility index (Phi) is 6.05. The standard InChI is InChI=1S/C16H18BrNO2/c17-15-5-2-6-16(10-15)20-8-7-18-11-13-3-1-4-14(9-13)12-19/h1-6,9-10,18-19H,7-8,11-12H2. The number of benzene rings is 2. The molecule has 0 aliphatic heterocycles. The van der Waals surface area contributed by atoms with E-state index < -0.39 is 0 Å². The van der Waals surface area contributed by atoms with Gasteiger partial charge in [-0.25, -0.2) is 0 Å². The predicted molar refractivity (Wildman–Crippen MR) is 83.7 cm³/mol. The number of ether oxygens (including phenoxy) is 1. The first-order valence-corrected chi connectivity index (χ1v) is 7.35. The summed E-state index contributed by atoms with van der Waals surface area (Å²) in [6.45, 7) is 2.25. The second-order valence-electron chi connectivity index (χ2n) is 4.46. The molecule has 0 radical (unpaired) electrons. The van der Waals surface area contributed by atoms with Crippen LogP contribution in [0.4, 0.5) is 0 Å². The molecule has 0 fully saturated rings. The third-order valence-electron chi connectivity index (χ3n) is 2.85. The first-order valence-electron chi connectivity index (χ1n) is 6.55. The molecule has 2 aromatic carbocycles. The molecule has 2 N–H and O–H groups in total. The van der Waals surface area contributed by atoms with Gasteiger partial charge in [0.1, 0.15) is 12.4 Å². The van der Waals surface area contributed by atoms with Crippen LogP contribution in [0.25, 0.3) is 0 Å². The normalized spacial score (nSPS) is 10.5. The van der Waals surface area contributed by atoms with Gasteiger partial charge in [-0.05, 0) is 29.3 Å². The molecule has 2 rings (SSSR count). The highest BCUT2D eigenvalue weighted by molar-refractivity contribution is 9.10. The van der Waals surface area contributed by atoms with Crippen LogP contribution in [0, 0.1) is 0 Å². The molecule has 2 aromatic rings. The molecule has 0 aliphatic rings. The highest BCUT2D eigenvalue weighted by atomic mass is 79.9. The molecule has 4 heteroatoms. The zero-order valence-corrected chi connectivity index (χ0v) is 12.8. The van der Waals surface area contributed by atoms with Gasteiger partial charge >= 0.3 is 0 Å². The Hall–Kier alpha value is -1.36. The fraction of sp³-hybridized carbons (Fsp3) is 0.250. The Bertz CT molecular complexity index is 546. The Morgan fingerprint density at radius 2 is 1.85 bits per heavy atom. The van der Waals surface area contributed by atoms with Crippen molar-refractivity contribution >= 4 is 15.9 Å². The second kappa shape index (κ2) is 8.04. The molecule has 0 atom stereocenters. The van der Waals surface area contributed by atoms with E-state index in [4.69, 9.17) is 9.84 Å². The number of nitrogens with one attached hydrogen (secondary N) is 1. The van der Waals surface area contributed by atoms with Crippen molar-refractivity contribution in [3.05, 3.63) is 64.1 Å². The lowest BCUT2D eigenvalue weighted by atomic mass is 10.1. The fourth-order valence-corrected chi connectivity index (χ4v) is 2.25. The minimum atomic E-state index is 0.0832. The van der Waals surface area contributed by atoms with E-state index in [9.17, 15) is 0 Å². The largest absolute Gasteiger partial charge is 0.492 e. The van der Waals surface area contributed by atoms with Gasteiger partial charge in [-0.1, -0.05) is 46.3 Å². The van der Waals surface area contributed by atoms with Crippen molar-refractivity contribution in [2.24, 2.45) is 0 Å². The Morgan fingerprint density at radius 3 is 2.65 bits per heavy atom. The van der Waals surface area contributed by atoms with Gasteiger partial charge in [-0.15, -0.1) is 0 Å². The monoisotopic (exact) mass is 335 g/mol. The summed E-state index contributed by atoms with van der Waals surface area (Å²) in [5.74, 6) is 0.864. The average molecular weight is 336 g/mol. The van der Waals surface area contributed by atoms with E-state index in [2.05, 4.69) is 21.2 Å². The SMILES string of the molecule is OCc1cccc(CNCCOc2cccc(Br)c2)c1.